The molecule has 0 unspecified atom stereocenters. The summed E-state index contributed by atoms with van der Waals surface area (Å²) in [6.07, 6.45) is 3.32. The van der Waals surface area contributed by atoms with E-state index >= 15 is 0 Å². The summed E-state index contributed by atoms with van der Waals surface area (Å²) in [7, 11) is 0. The van der Waals surface area contributed by atoms with Crippen LogP contribution in [0.1, 0.15) is 0 Å². The molecule has 0 fully saturated rings. The Kier molecular flexibility index (Phi) is 3.74. The van der Waals surface area contributed by atoms with Crippen molar-refractivity contribution in [2.75, 3.05) is 5.32 Å². The fourth-order valence-corrected chi connectivity index (χ4v) is 2.55. The van der Waals surface area contributed by atoms with E-state index in [-0.39, 0.29) is 18.3 Å². The minimum Gasteiger partial charge on any atom is -0.300 e. The average molecular weight is 302 g/mol. The minimum atomic E-state index is -0.315. The van der Waals surface area contributed by atoms with Gasteiger partial charge in [0.25, 0.3) is 0 Å². The van der Waals surface area contributed by atoms with Crippen LogP contribution < -0.4 is 5.32 Å². The molecule has 2 heterocycles. The van der Waals surface area contributed by atoms with Crippen LogP contribution in [0.4, 0.5) is 9.52 Å². The lowest BCUT2D eigenvalue weighted by Crippen LogP contribution is -2.18. The van der Waals surface area contributed by atoms with Gasteiger partial charge in [0.1, 0.15) is 12.4 Å². The van der Waals surface area contributed by atoms with Crippen molar-refractivity contribution in [3.05, 3.63) is 53.9 Å². The lowest BCUT2D eigenvalue weighted by Gasteiger charge is -2.01. The Balaban J connectivity index is 1.69. The fraction of sp³-hybridized carbons (Fsp3) is 0.0714. The van der Waals surface area contributed by atoms with E-state index in [0.29, 0.717) is 16.4 Å². The van der Waals surface area contributed by atoms with Crippen LogP contribution in [-0.2, 0) is 11.3 Å². The van der Waals surface area contributed by atoms with Gasteiger partial charge >= 0.3 is 0 Å². The monoisotopic (exact) mass is 302 g/mol. The van der Waals surface area contributed by atoms with E-state index in [0.717, 1.165) is 0 Å². The number of thiazole rings is 1. The number of nitrogens with one attached hydrogen (secondary N) is 1. The van der Waals surface area contributed by atoms with E-state index in [1.807, 2.05) is 0 Å². The Morgan fingerprint density at radius 3 is 3.05 bits per heavy atom. The van der Waals surface area contributed by atoms with Gasteiger partial charge in [0.05, 0.1) is 5.69 Å². The van der Waals surface area contributed by atoms with Gasteiger partial charge in [0.15, 0.2) is 5.13 Å². The second-order valence-corrected chi connectivity index (χ2v) is 5.16. The summed E-state index contributed by atoms with van der Waals surface area (Å²) in [5.41, 5.74) is 1.31. The Morgan fingerprint density at radius 2 is 2.29 bits per heavy atom. The number of carbonyl (C=O) groups is 1. The molecule has 3 aromatic rings. The van der Waals surface area contributed by atoms with Crippen LogP contribution in [0.5, 0.6) is 0 Å². The largest absolute Gasteiger partial charge is 0.300 e. The highest BCUT2D eigenvalue weighted by Crippen LogP contribution is 2.25. The molecule has 0 aliphatic carbocycles. The van der Waals surface area contributed by atoms with Gasteiger partial charge in [-0.05, 0) is 18.2 Å². The van der Waals surface area contributed by atoms with Crippen molar-refractivity contribution in [1.82, 2.24) is 14.8 Å². The number of anilines is 1. The molecule has 1 aromatic carbocycles. The molecule has 0 aliphatic heterocycles. The first-order valence-electron chi connectivity index (χ1n) is 6.19. The summed E-state index contributed by atoms with van der Waals surface area (Å²) in [6, 6.07) is 7.93. The molecular formula is C14H11FN4OS. The van der Waals surface area contributed by atoms with Crippen molar-refractivity contribution in [2.24, 2.45) is 0 Å². The third kappa shape index (κ3) is 3.32. The van der Waals surface area contributed by atoms with Crippen LogP contribution in [-0.4, -0.2) is 20.7 Å². The van der Waals surface area contributed by atoms with E-state index in [4.69, 9.17) is 0 Å². The van der Waals surface area contributed by atoms with Gasteiger partial charge in [0.2, 0.25) is 5.91 Å². The Bertz CT molecular complexity index is 754. The number of amides is 1. The molecule has 1 amide bonds. The summed E-state index contributed by atoms with van der Waals surface area (Å²) in [6.45, 7) is 0.127. The van der Waals surface area contributed by atoms with Crippen molar-refractivity contribution in [1.29, 1.82) is 0 Å². The fourth-order valence-electron chi connectivity index (χ4n) is 1.81. The summed E-state index contributed by atoms with van der Waals surface area (Å²) in [4.78, 5) is 16.1. The predicted octanol–water partition coefficient (Wildman–Crippen LogP) is 2.78. The molecule has 0 spiro atoms. The van der Waals surface area contributed by atoms with Gasteiger partial charge in [0, 0.05) is 23.3 Å². The molecule has 0 saturated carbocycles. The van der Waals surface area contributed by atoms with Crippen LogP contribution in [0.2, 0.25) is 0 Å². The molecule has 5 nitrogen and oxygen atoms in total. The maximum Gasteiger partial charge on any atom is 0.247 e. The minimum absolute atomic E-state index is 0.127. The van der Waals surface area contributed by atoms with Crippen LogP contribution in [0.15, 0.2) is 48.1 Å². The molecule has 2 aromatic heterocycles. The van der Waals surface area contributed by atoms with E-state index in [9.17, 15) is 9.18 Å². The number of hydrogen-bond acceptors (Lipinski definition) is 4. The zero-order valence-corrected chi connectivity index (χ0v) is 11.7. The van der Waals surface area contributed by atoms with Gasteiger partial charge in [-0.3, -0.25) is 9.48 Å². The molecule has 0 bridgehead atoms. The Labute approximate surface area is 124 Å². The molecule has 7 heteroatoms. The van der Waals surface area contributed by atoms with Crippen molar-refractivity contribution < 1.29 is 9.18 Å². The zero-order valence-electron chi connectivity index (χ0n) is 10.9. The first-order chi connectivity index (χ1) is 10.2. The van der Waals surface area contributed by atoms with Gasteiger partial charge in [-0.25, -0.2) is 9.37 Å². The second-order valence-electron chi connectivity index (χ2n) is 4.30. The zero-order chi connectivity index (χ0) is 14.7. The van der Waals surface area contributed by atoms with E-state index in [2.05, 4.69) is 15.4 Å². The summed E-state index contributed by atoms with van der Waals surface area (Å²) < 4.78 is 14.7. The van der Waals surface area contributed by atoms with E-state index < -0.39 is 0 Å². The number of aromatic nitrogens is 3. The lowest BCUT2D eigenvalue weighted by atomic mass is 10.2. The first kappa shape index (κ1) is 13.4. The van der Waals surface area contributed by atoms with Gasteiger partial charge in [-0.15, -0.1) is 11.3 Å². The molecular weight excluding hydrogens is 291 g/mol. The number of carbonyl (C=O) groups excluding carboxylic acids is 1. The molecule has 3 rings (SSSR count). The predicted molar refractivity (Wildman–Crippen MR) is 78.4 cm³/mol. The van der Waals surface area contributed by atoms with Crippen molar-refractivity contribution >= 4 is 22.4 Å². The third-order valence-electron chi connectivity index (χ3n) is 2.74. The lowest BCUT2D eigenvalue weighted by molar-refractivity contribution is -0.116. The highest BCUT2D eigenvalue weighted by Gasteiger charge is 2.09. The maximum absolute atomic E-state index is 13.2. The smallest absolute Gasteiger partial charge is 0.247 e. The number of rotatable bonds is 4. The average Bonchev–Trinajstić information content (AvgIpc) is 3.10. The molecule has 21 heavy (non-hydrogen) atoms. The Hall–Kier alpha value is -2.54. The molecule has 0 saturated heterocycles. The summed E-state index contributed by atoms with van der Waals surface area (Å²) in [5.74, 6) is -0.524. The summed E-state index contributed by atoms with van der Waals surface area (Å²) in [5, 5.41) is 8.91. The van der Waals surface area contributed by atoms with E-state index in [1.165, 1.54) is 28.2 Å². The summed E-state index contributed by atoms with van der Waals surface area (Å²) >= 11 is 1.30. The standard InChI is InChI=1S/C14H11FN4OS/c15-11-4-1-3-10(7-11)12-9-21-14(17-12)18-13(20)8-19-6-2-5-16-19/h1-7,9H,8H2,(H,17,18,20). The number of hydrogen-bond donors (Lipinski definition) is 1. The van der Waals surface area contributed by atoms with Crippen LogP contribution in [0.25, 0.3) is 11.3 Å². The number of benzene rings is 1. The third-order valence-corrected chi connectivity index (χ3v) is 3.49. The van der Waals surface area contributed by atoms with Crippen LogP contribution in [0.3, 0.4) is 0 Å². The topological polar surface area (TPSA) is 59.8 Å². The van der Waals surface area contributed by atoms with E-state index in [1.54, 1.807) is 36.0 Å². The van der Waals surface area contributed by atoms with Crippen LogP contribution >= 0.6 is 11.3 Å². The number of nitrogens with zero attached hydrogens (tertiary/aromatic N) is 3. The quantitative estimate of drug-likeness (QED) is 0.806. The molecule has 1 N–H and O–H groups in total. The maximum atomic E-state index is 13.2. The number of halogens is 1. The van der Waals surface area contributed by atoms with Crippen molar-refractivity contribution in [3.8, 4) is 11.3 Å². The highest BCUT2D eigenvalue weighted by molar-refractivity contribution is 7.14. The SMILES string of the molecule is O=C(Cn1cccn1)Nc1nc(-c2cccc(F)c2)cs1. The Morgan fingerprint density at radius 1 is 1.38 bits per heavy atom. The van der Waals surface area contributed by atoms with Crippen LogP contribution in [0, 0.1) is 5.82 Å². The first-order valence-corrected chi connectivity index (χ1v) is 7.07. The van der Waals surface area contributed by atoms with Crippen molar-refractivity contribution in [3.63, 3.8) is 0 Å². The van der Waals surface area contributed by atoms with Gasteiger partial charge in [-0.2, -0.15) is 5.10 Å². The highest BCUT2D eigenvalue weighted by atomic mass is 32.1. The molecule has 0 atom stereocenters. The molecule has 0 aliphatic rings. The normalized spacial score (nSPS) is 10.5. The molecule has 0 radical (unpaired) electrons. The molecule has 106 valence electrons. The van der Waals surface area contributed by atoms with Gasteiger partial charge < -0.3 is 5.32 Å². The second kappa shape index (κ2) is 5.84. The van der Waals surface area contributed by atoms with Gasteiger partial charge in [-0.1, -0.05) is 12.1 Å². The van der Waals surface area contributed by atoms with Crippen molar-refractivity contribution in [2.45, 2.75) is 6.54 Å².